The number of rotatable bonds is 6. The zero-order chi connectivity index (χ0) is 21.1. The van der Waals surface area contributed by atoms with Crippen molar-refractivity contribution in [3.05, 3.63) is 53.6 Å². The second-order valence-corrected chi connectivity index (χ2v) is 8.23. The van der Waals surface area contributed by atoms with Gasteiger partial charge in [-0.15, -0.1) is 0 Å². The molecular formula is C24H29N3O3. The molecule has 0 bridgehead atoms. The first-order chi connectivity index (χ1) is 14.5. The molecule has 2 aromatic carbocycles. The van der Waals surface area contributed by atoms with Crippen molar-refractivity contribution < 1.29 is 14.3 Å². The quantitative estimate of drug-likeness (QED) is 0.795. The minimum atomic E-state index is -0.360. The molecule has 0 aliphatic carbocycles. The second kappa shape index (κ2) is 8.88. The van der Waals surface area contributed by atoms with Crippen LogP contribution < -0.4 is 15.0 Å². The summed E-state index contributed by atoms with van der Waals surface area (Å²) in [5.41, 5.74) is 3.87. The third-order valence-electron chi connectivity index (χ3n) is 6.04. The van der Waals surface area contributed by atoms with Crippen molar-refractivity contribution in [3.63, 3.8) is 0 Å². The molecule has 1 atom stereocenters. The summed E-state index contributed by atoms with van der Waals surface area (Å²) in [6, 6.07) is 13.6. The summed E-state index contributed by atoms with van der Waals surface area (Å²) in [6.07, 6.45) is 2.75. The van der Waals surface area contributed by atoms with E-state index in [4.69, 9.17) is 4.74 Å². The van der Waals surface area contributed by atoms with Gasteiger partial charge >= 0.3 is 0 Å². The first-order valence-corrected chi connectivity index (χ1v) is 10.6. The molecule has 2 heterocycles. The third kappa shape index (κ3) is 4.49. The van der Waals surface area contributed by atoms with E-state index in [-0.39, 0.29) is 24.2 Å². The van der Waals surface area contributed by atoms with Crippen LogP contribution in [0.2, 0.25) is 0 Å². The summed E-state index contributed by atoms with van der Waals surface area (Å²) < 4.78 is 5.18. The highest BCUT2D eigenvalue weighted by atomic mass is 16.5. The van der Waals surface area contributed by atoms with Crippen molar-refractivity contribution in [1.82, 2.24) is 4.90 Å². The van der Waals surface area contributed by atoms with Crippen LogP contribution in [-0.4, -0.2) is 43.5 Å². The summed E-state index contributed by atoms with van der Waals surface area (Å²) in [4.78, 5) is 29.6. The molecule has 4 rings (SSSR count). The van der Waals surface area contributed by atoms with Gasteiger partial charge in [-0.3, -0.25) is 14.5 Å². The molecule has 30 heavy (non-hydrogen) atoms. The molecule has 2 aliphatic heterocycles. The van der Waals surface area contributed by atoms with Gasteiger partial charge in [0.1, 0.15) is 5.75 Å². The lowest BCUT2D eigenvalue weighted by Gasteiger charge is -2.18. The van der Waals surface area contributed by atoms with Crippen molar-refractivity contribution in [2.75, 3.05) is 37.0 Å². The largest absolute Gasteiger partial charge is 0.497 e. The lowest BCUT2D eigenvalue weighted by Crippen LogP contribution is -2.28. The van der Waals surface area contributed by atoms with Crippen molar-refractivity contribution in [2.45, 2.75) is 32.7 Å². The van der Waals surface area contributed by atoms with E-state index in [0.29, 0.717) is 6.54 Å². The molecule has 0 spiro atoms. The number of hydrogen-bond donors (Lipinski definition) is 1. The SMILES string of the molecule is COc1ccc(N2C[C@@H](C(=O)Nc3cc(CN4CCCC4)ccc3C)CC2=O)cc1. The fourth-order valence-corrected chi connectivity index (χ4v) is 4.23. The minimum Gasteiger partial charge on any atom is -0.497 e. The number of ether oxygens (including phenoxy) is 1. The van der Waals surface area contributed by atoms with Crippen molar-refractivity contribution in [1.29, 1.82) is 0 Å². The molecule has 1 N–H and O–H groups in total. The van der Waals surface area contributed by atoms with E-state index in [1.807, 2.05) is 31.2 Å². The average molecular weight is 408 g/mol. The zero-order valence-electron chi connectivity index (χ0n) is 17.7. The monoisotopic (exact) mass is 407 g/mol. The number of nitrogens with zero attached hydrogens (tertiary/aromatic N) is 2. The van der Waals surface area contributed by atoms with Crippen LogP contribution in [-0.2, 0) is 16.1 Å². The van der Waals surface area contributed by atoms with Crippen LogP contribution in [0.3, 0.4) is 0 Å². The van der Waals surface area contributed by atoms with Gasteiger partial charge in [0.05, 0.1) is 13.0 Å². The van der Waals surface area contributed by atoms with Crippen LogP contribution in [0, 0.1) is 12.8 Å². The molecule has 2 fully saturated rings. The fourth-order valence-electron chi connectivity index (χ4n) is 4.23. The fraction of sp³-hybridized carbons (Fsp3) is 0.417. The number of anilines is 2. The van der Waals surface area contributed by atoms with Gasteiger partial charge in [-0.05, 0) is 74.3 Å². The van der Waals surface area contributed by atoms with Crippen LogP contribution in [0.4, 0.5) is 11.4 Å². The van der Waals surface area contributed by atoms with Crippen LogP contribution in [0.5, 0.6) is 5.75 Å². The molecule has 0 radical (unpaired) electrons. The Kier molecular flexibility index (Phi) is 6.04. The number of carbonyl (C=O) groups excluding carboxylic acids is 2. The van der Waals surface area contributed by atoms with E-state index in [1.54, 1.807) is 12.0 Å². The number of carbonyl (C=O) groups is 2. The summed E-state index contributed by atoms with van der Waals surface area (Å²) in [5, 5.41) is 3.07. The number of hydrogen-bond acceptors (Lipinski definition) is 4. The van der Waals surface area contributed by atoms with E-state index >= 15 is 0 Å². The standard InChI is InChI=1S/C24H29N3O3/c1-17-5-6-18(15-26-11-3-4-12-26)13-22(17)25-24(29)19-14-23(28)27(16-19)20-7-9-21(30-2)10-8-20/h5-10,13,19H,3-4,11-12,14-16H2,1-2H3,(H,25,29)/t19-/m0/s1. The van der Waals surface area contributed by atoms with Crippen molar-refractivity contribution >= 4 is 23.2 Å². The summed E-state index contributed by atoms with van der Waals surface area (Å²) in [5.74, 6) is 0.255. The van der Waals surface area contributed by atoms with E-state index in [2.05, 4.69) is 28.4 Å². The van der Waals surface area contributed by atoms with E-state index in [1.165, 1.54) is 18.4 Å². The van der Waals surface area contributed by atoms with Crippen LogP contribution in [0.15, 0.2) is 42.5 Å². The highest BCUT2D eigenvalue weighted by Gasteiger charge is 2.35. The lowest BCUT2D eigenvalue weighted by molar-refractivity contribution is -0.122. The van der Waals surface area contributed by atoms with Gasteiger partial charge < -0.3 is 15.0 Å². The smallest absolute Gasteiger partial charge is 0.229 e. The highest BCUT2D eigenvalue weighted by Crippen LogP contribution is 2.28. The molecule has 2 aromatic rings. The Morgan fingerprint density at radius 3 is 2.57 bits per heavy atom. The predicted octanol–water partition coefficient (Wildman–Crippen LogP) is 3.59. The van der Waals surface area contributed by atoms with Crippen LogP contribution in [0.1, 0.15) is 30.4 Å². The average Bonchev–Trinajstić information content (AvgIpc) is 3.40. The van der Waals surface area contributed by atoms with Gasteiger partial charge in [0, 0.05) is 30.9 Å². The Morgan fingerprint density at radius 2 is 1.87 bits per heavy atom. The molecule has 6 nitrogen and oxygen atoms in total. The maximum absolute atomic E-state index is 12.9. The Bertz CT molecular complexity index is 920. The molecule has 6 heteroatoms. The molecule has 158 valence electrons. The summed E-state index contributed by atoms with van der Waals surface area (Å²) >= 11 is 0. The first kappa shape index (κ1) is 20.4. The molecule has 2 amide bonds. The molecule has 0 unspecified atom stereocenters. The van der Waals surface area contributed by atoms with Gasteiger partial charge in [-0.2, -0.15) is 0 Å². The Balaban J connectivity index is 1.41. The number of amides is 2. The number of likely N-dealkylation sites (tertiary alicyclic amines) is 1. The lowest BCUT2D eigenvalue weighted by atomic mass is 10.1. The minimum absolute atomic E-state index is 0.0279. The maximum Gasteiger partial charge on any atom is 0.229 e. The normalized spacial score (nSPS) is 19.3. The van der Waals surface area contributed by atoms with Gasteiger partial charge in [0.25, 0.3) is 0 Å². The Labute approximate surface area is 177 Å². The molecule has 0 aromatic heterocycles. The number of nitrogens with one attached hydrogen (secondary N) is 1. The second-order valence-electron chi connectivity index (χ2n) is 8.23. The Hall–Kier alpha value is -2.86. The third-order valence-corrected chi connectivity index (χ3v) is 6.04. The van der Waals surface area contributed by atoms with Gasteiger partial charge in [0.15, 0.2) is 0 Å². The maximum atomic E-state index is 12.9. The first-order valence-electron chi connectivity index (χ1n) is 10.6. The molecule has 2 aliphatic rings. The molecule has 2 saturated heterocycles. The number of aryl methyl sites for hydroxylation is 1. The molecule has 0 saturated carbocycles. The number of methoxy groups -OCH3 is 1. The topological polar surface area (TPSA) is 61.9 Å². The highest BCUT2D eigenvalue weighted by molar-refractivity contribution is 6.03. The predicted molar refractivity (Wildman–Crippen MR) is 118 cm³/mol. The summed E-state index contributed by atoms with van der Waals surface area (Å²) in [6.45, 7) is 5.58. The Morgan fingerprint density at radius 1 is 1.13 bits per heavy atom. The zero-order valence-corrected chi connectivity index (χ0v) is 17.7. The van der Waals surface area contributed by atoms with Crippen molar-refractivity contribution in [2.24, 2.45) is 5.92 Å². The van der Waals surface area contributed by atoms with Gasteiger partial charge in [-0.1, -0.05) is 12.1 Å². The van der Waals surface area contributed by atoms with Crippen LogP contribution >= 0.6 is 0 Å². The van der Waals surface area contributed by atoms with E-state index < -0.39 is 0 Å². The van der Waals surface area contributed by atoms with Gasteiger partial charge in [0.2, 0.25) is 11.8 Å². The van der Waals surface area contributed by atoms with E-state index in [0.717, 1.165) is 42.3 Å². The molecular weight excluding hydrogens is 378 g/mol. The number of benzene rings is 2. The van der Waals surface area contributed by atoms with E-state index in [9.17, 15) is 9.59 Å². The van der Waals surface area contributed by atoms with Crippen LogP contribution in [0.25, 0.3) is 0 Å². The van der Waals surface area contributed by atoms with Crippen molar-refractivity contribution in [3.8, 4) is 5.75 Å². The summed E-state index contributed by atoms with van der Waals surface area (Å²) in [7, 11) is 1.61. The van der Waals surface area contributed by atoms with Gasteiger partial charge in [-0.25, -0.2) is 0 Å².